The molecule has 0 saturated heterocycles. The van der Waals surface area contributed by atoms with Crippen molar-refractivity contribution in [1.82, 2.24) is 5.48 Å². The van der Waals surface area contributed by atoms with E-state index in [1.807, 2.05) is 5.48 Å². The van der Waals surface area contributed by atoms with Crippen LogP contribution in [0.5, 0.6) is 5.75 Å². The van der Waals surface area contributed by atoms with E-state index in [-0.39, 0.29) is 13.2 Å². The average molecular weight is 300 g/mol. The molecule has 108 valence electrons. The summed E-state index contributed by atoms with van der Waals surface area (Å²) in [6, 6.07) is 6.47. The van der Waals surface area contributed by atoms with Gasteiger partial charge in [-0.2, -0.15) is 18.7 Å². The molecule has 19 heavy (non-hydrogen) atoms. The maximum Gasteiger partial charge on any atom is 0.413 e. The number of ether oxygens (including phenoxy) is 1. The molecule has 1 rings (SSSR count). The molecule has 0 saturated carbocycles. The predicted octanol–water partition coefficient (Wildman–Crippen LogP) is 2.16. The summed E-state index contributed by atoms with van der Waals surface area (Å²) in [6.07, 6.45) is -5.40. The highest BCUT2D eigenvalue weighted by molar-refractivity contribution is 6.30. The van der Waals surface area contributed by atoms with Crippen LogP contribution in [0.1, 0.15) is 0 Å². The third kappa shape index (κ3) is 7.89. The fraction of sp³-hybridized carbons (Fsp3) is 0.455. The fourth-order valence-electron chi connectivity index (χ4n) is 1.07. The van der Waals surface area contributed by atoms with Crippen LogP contribution in [0.15, 0.2) is 24.3 Å². The van der Waals surface area contributed by atoms with Crippen LogP contribution in [0.3, 0.4) is 0 Å². The topological polar surface area (TPSA) is 50.7 Å². The van der Waals surface area contributed by atoms with Gasteiger partial charge in [-0.3, -0.25) is 4.84 Å². The van der Waals surface area contributed by atoms with Gasteiger partial charge in [-0.25, -0.2) is 0 Å². The third-order valence-electron chi connectivity index (χ3n) is 1.91. The summed E-state index contributed by atoms with van der Waals surface area (Å²) in [4.78, 5) is 4.13. The molecule has 2 N–H and O–H groups in total. The molecule has 1 aromatic rings. The van der Waals surface area contributed by atoms with Gasteiger partial charge in [0, 0.05) is 5.02 Å². The lowest BCUT2D eigenvalue weighted by atomic mass is 10.3. The second-order valence-corrected chi connectivity index (χ2v) is 4.11. The number of nitrogens with one attached hydrogen (secondary N) is 1. The van der Waals surface area contributed by atoms with Crippen LogP contribution >= 0.6 is 11.6 Å². The number of hydroxylamine groups is 1. The Morgan fingerprint density at radius 3 is 2.47 bits per heavy atom. The van der Waals surface area contributed by atoms with Crippen molar-refractivity contribution in [2.75, 3.05) is 19.8 Å². The first-order valence-corrected chi connectivity index (χ1v) is 5.72. The van der Waals surface area contributed by atoms with Crippen LogP contribution in [0.25, 0.3) is 0 Å². The van der Waals surface area contributed by atoms with E-state index in [1.165, 1.54) is 0 Å². The second kappa shape index (κ2) is 7.54. The number of aliphatic hydroxyl groups is 1. The summed E-state index contributed by atoms with van der Waals surface area (Å²) >= 11 is 5.67. The molecule has 0 aliphatic carbocycles. The summed E-state index contributed by atoms with van der Waals surface area (Å²) in [6.45, 7) is -1.68. The van der Waals surface area contributed by atoms with E-state index in [9.17, 15) is 18.3 Å². The first-order valence-electron chi connectivity index (χ1n) is 5.34. The van der Waals surface area contributed by atoms with Gasteiger partial charge in [0.05, 0.1) is 6.54 Å². The van der Waals surface area contributed by atoms with Gasteiger partial charge in [0.2, 0.25) is 0 Å². The highest BCUT2D eigenvalue weighted by Gasteiger charge is 2.27. The van der Waals surface area contributed by atoms with Gasteiger partial charge in [-0.15, -0.1) is 0 Å². The lowest BCUT2D eigenvalue weighted by Gasteiger charge is -2.14. The number of hydrogen-bond acceptors (Lipinski definition) is 4. The molecule has 1 aromatic carbocycles. The number of rotatable bonds is 7. The lowest BCUT2D eigenvalue weighted by molar-refractivity contribution is -0.191. The zero-order valence-corrected chi connectivity index (χ0v) is 10.5. The van der Waals surface area contributed by atoms with Crippen LogP contribution in [0.2, 0.25) is 5.02 Å². The average Bonchev–Trinajstić information content (AvgIpc) is 2.33. The molecule has 0 aromatic heterocycles. The Morgan fingerprint density at radius 1 is 1.26 bits per heavy atom. The van der Waals surface area contributed by atoms with Crippen molar-refractivity contribution in [3.05, 3.63) is 29.3 Å². The molecular formula is C11H13ClF3NO3. The summed E-state index contributed by atoms with van der Waals surface area (Å²) in [5.41, 5.74) is 2.02. The molecule has 0 radical (unpaired) electrons. The maximum absolute atomic E-state index is 11.7. The first-order chi connectivity index (χ1) is 8.87. The van der Waals surface area contributed by atoms with E-state index in [1.54, 1.807) is 24.3 Å². The number of alkyl halides is 3. The largest absolute Gasteiger partial charge is 0.491 e. The van der Waals surface area contributed by atoms with E-state index < -0.39 is 18.9 Å². The fourth-order valence-corrected chi connectivity index (χ4v) is 1.20. The van der Waals surface area contributed by atoms with Gasteiger partial charge < -0.3 is 9.84 Å². The zero-order chi connectivity index (χ0) is 14.3. The Labute approximate surface area is 113 Å². The standard InChI is InChI=1S/C11H13ClF3NO3/c12-8-1-3-10(4-2-8)18-6-9(17)5-16-19-7-11(13,14)15/h1-4,9,16-17H,5-7H2. The predicted molar refractivity (Wildman–Crippen MR) is 63.0 cm³/mol. The molecule has 1 unspecified atom stereocenters. The van der Waals surface area contributed by atoms with Gasteiger partial charge in [-0.1, -0.05) is 11.6 Å². The molecule has 4 nitrogen and oxygen atoms in total. The molecule has 1 atom stereocenters. The smallest absolute Gasteiger partial charge is 0.413 e. The molecule has 0 fully saturated rings. The van der Waals surface area contributed by atoms with Crippen molar-refractivity contribution >= 4 is 11.6 Å². The van der Waals surface area contributed by atoms with Crippen LogP contribution in [-0.2, 0) is 4.84 Å². The maximum atomic E-state index is 11.7. The van der Waals surface area contributed by atoms with Crippen LogP contribution < -0.4 is 10.2 Å². The van der Waals surface area contributed by atoms with E-state index >= 15 is 0 Å². The Kier molecular flexibility index (Phi) is 6.36. The first kappa shape index (κ1) is 16.0. The number of aliphatic hydroxyl groups excluding tert-OH is 1. The van der Waals surface area contributed by atoms with E-state index in [0.717, 1.165) is 0 Å². The van der Waals surface area contributed by atoms with Crippen LogP contribution in [0.4, 0.5) is 13.2 Å². The minimum Gasteiger partial charge on any atom is -0.491 e. The van der Waals surface area contributed by atoms with E-state index in [2.05, 4.69) is 4.84 Å². The molecule has 0 aliphatic rings. The Balaban J connectivity index is 2.14. The Morgan fingerprint density at radius 2 is 1.89 bits per heavy atom. The summed E-state index contributed by atoms with van der Waals surface area (Å²) in [7, 11) is 0. The normalized spacial score (nSPS) is 13.3. The van der Waals surface area contributed by atoms with Crippen molar-refractivity contribution in [3.63, 3.8) is 0 Å². The van der Waals surface area contributed by atoms with Crippen LogP contribution in [-0.4, -0.2) is 37.1 Å². The molecule has 0 bridgehead atoms. The monoisotopic (exact) mass is 299 g/mol. The second-order valence-electron chi connectivity index (χ2n) is 3.67. The molecule has 0 amide bonds. The lowest BCUT2D eigenvalue weighted by Crippen LogP contribution is -2.34. The highest BCUT2D eigenvalue weighted by atomic mass is 35.5. The van der Waals surface area contributed by atoms with E-state index in [4.69, 9.17) is 16.3 Å². The number of halogens is 4. The van der Waals surface area contributed by atoms with Gasteiger partial charge >= 0.3 is 6.18 Å². The van der Waals surface area contributed by atoms with Crippen molar-refractivity contribution < 1.29 is 27.9 Å². The van der Waals surface area contributed by atoms with Crippen molar-refractivity contribution in [3.8, 4) is 5.75 Å². The quantitative estimate of drug-likeness (QED) is 0.598. The van der Waals surface area contributed by atoms with E-state index in [0.29, 0.717) is 10.8 Å². The number of hydrogen-bond donors (Lipinski definition) is 2. The molecular weight excluding hydrogens is 287 g/mol. The Hall–Kier alpha value is -1.02. The van der Waals surface area contributed by atoms with Gasteiger partial charge in [-0.05, 0) is 24.3 Å². The van der Waals surface area contributed by atoms with Gasteiger partial charge in [0.25, 0.3) is 0 Å². The molecule has 8 heteroatoms. The third-order valence-corrected chi connectivity index (χ3v) is 2.16. The highest BCUT2D eigenvalue weighted by Crippen LogP contribution is 2.15. The van der Waals surface area contributed by atoms with Crippen molar-refractivity contribution in [2.45, 2.75) is 12.3 Å². The SMILES string of the molecule is OC(CNOCC(F)(F)F)COc1ccc(Cl)cc1. The summed E-state index contributed by atoms with van der Waals surface area (Å²) in [5, 5.41) is 9.97. The molecule has 0 aliphatic heterocycles. The van der Waals surface area contributed by atoms with Crippen molar-refractivity contribution in [1.29, 1.82) is 0 Å². The minimum atomic E-state index is -4.41. The Bertz CT molecular complexity index is 372. The van der Waals surface area contributed by atoms with Crippen molar-refractivity contribution in [2.24, 2.45) is 0 Å². The van der Waals surface area contributed by atoms with Crippen LogP contribution in [0, 0.1) is 0 Å². The molecule has 0 spiro atoms. The van der Waals surface area contributed by atoms with Gasteiger partial charge in [0.1, 0.15) is 18.5 Å². The summed E-state index contributed by atoms with van der Waals surface area (Å²) < 4.78 is 40.4. The molecule has 0 heterocycles. The number of benzene rings is 1. The zero-order valence-electron chi connectivity index (χ0n) is 9.78. The van der Waals surface area contributed by atoms with Gasteiger partial charge in [0.15, 0.2) is 6.61 Å². The minimum absolute atomic E-state index is 0.0794. The summed E-state index contributed by atoms with van der Waals surface area (Å²) in [5.74, 6) is 0.500.